The Bertz CT molecular complexity index is 504. The number of anilines is 2. The van der Waals surface area contributed by atoms with E-state index >= 15 is 0 Å². The zero-order valence-corrected chi connectivity index (χ0v) is 9.77. The van der Waals surface area contributed by atoms with Crippen molar-refractivity contribution in [3.63, 3.8) is 0 Å². The van der Waals surface area contributed by atoms with Crippen LogP contribution in [0.5, 0.6) is 5.88 Å². The smallest absolute Gasteiger partial charge is 0.257 e. The molecule has 5 nitrogen and oxygen atoms in total. The van der Waals surface area contributed by atoms with E-state index in [4.69, 9.17) is 10.5 Å². The molecule has 0 unspecified atom stereocenters. The minimum absolute atomic E-state index is 0.499. The van der Waals surface area contributed by atoms with Crippen LogP contribution in [0.1, 0.15) is 6.92 Å². The Hall–Kier alpha value is -1.91. The molecule has 0 amide bonds. The number of ether oxygens (including phenoxy) is 1. The molecule has 2 rings (SSSR count). The van der Waals surface area contributed by atoms with Gasteiger partial charge in [-0.2, -0.15) is 0 Å². The average Bonchev–Trinajstić information content (AvgIpc) is 2.56. The highest BCUT2D eigenvalue weighted by atomic mass is 16.5. The van der Waals surface area contributed by atoms with Gasteiger partial charge in [-0.05, 0) is 19.1 Å². The van der Waals surface area contributed by atoms with Crippen LogP contribution in [0, 0.1) is 0 Å². The highest BCUT2D eigenvalue weighted by molar-refractivity contribution is 5.77. The first-order chi connectivity index (χ1) is 7.63. The molecule has 0 aliphatic rings. The molecule has 0 aromatic carbocycles. The van der Waals surface area contributed by atoms with E-state index < -0.39 is 0 Å². The standard InChI is InChI=1S/C11H16N4O/c1-4-16-11-10(12)9-7-8(14(2)3)5-6-15(9)13-11/h5-7H,4,12H2,1-3H3. The van der Waals surface area contributed by atoms with E-state index in [0.29, 0.717) is 18.2 Å². The molecule has 0 radical (unpaired) electrons. The number of pyridine rings is 1. The first-order valence-electron chi connectivity index (χ1n) is 5.21. The molecular weight excluding hydrogens is 204 g/mol. The van der Waals surface area contributed by atoms with Gasteiger partial charge in [0.2, 0.25) is 0 Å². The average molecular weight is 220 g/mol. The van der Waals surface area contributed by atoms with Gasteiger partial charge in [0.05, 0.1) is 12.1 Å². The first-order valence-corrected chi connectivity index (χ1v) is 5.21. The fourth-order valence-corrected chi connectivity index (χ4v) is 1.55. The predicted molar refractivity (Wildman–Crippen MR) is 65.1 cm³/mol. The van der Waals surface area contributed by atoms with E-state index in [1.165, 1.54) is 0 Å². The topological polar surface area (TPSA) is 55.8 Å². The van der Waals surface area contributed by atoms with Crippen molar-refractivity contribution >= 4 is 16.9 Å². The number of rotatable bonds is 3. The number of nitrogen functional groups attached to an aromatic ring is 1. The molecule has 0 aliphatic carbocycles. The van der Waals surface area contributed by atoms with Crippen molar-refractivity contribution in [3.8, 4) is 5.88 Å². The van der Waals surface area contributed by atoms with Crippen molar-refractivity contribution < 1.29 is 4.74 Å². The molecule has 0 aliphatic heterocycles. The number of nitrogens with zero attached hydrogens (tertiary/aromatic N) is 3. The number of aromatic nitrogens is 2. The molecule has 2 aromatic rings. The Kier molecular flexibility index (Phi) is 2.60. The fraction of sp³-hybridized carbons (Fsp3) is 0.364. The molecule has 0 saturated carbocycles. The normalized spacial score (nSPS) is 10.7. The fourth-order valence-electron chi connectivity index (χ4n) is 1.55. The summed E-state index contributed by atoms with van der Waals surface area (Å²) in [5, 5.41) is 4.25. The SMILES string of the molecule is CCOc1nn2ccc(N(C)C)cc2c1N. The summed E-state index contributed by atoms with van der Waals surface area (Å²) in [6, 6.07) is 3.97. The Labute approximate surface area is 94.4 Å². The van der Waals surface area contributed by atoms with Crippen molar-refractivity contribution in [2.45, 2.75) is 6.92 Å². The van der Waals surface area contributed by atoms with Crippen LogP contribution in [-0.4, -0.2) is 30.3 Å². The lowest BCUT2D eigenvalue weighted by Crippen LogP contribution is -2.08. The van der Waals surface area contributed by atoms with Crippen LogP contribution in [0.3, 0.4) is 0 Å². The second-order valence-corrected chi connectivity index (χ2v) is 3.76. The zero-order chi connectivity index (χ0) is 11.7. The number of hydrogen-bond acceptors (Lipinski definition) is 4. The maximum atomic E-state index is 5.97. The third-order valence-corrected chi connectivity index (χ3v) is 2.42. The van der Waals surface area contributed by atoms with E-state index in [1.807, 2.05) is 44.2 Å². The first kappa shape index (κ1) is 10.6. The Balaban J connectivity index is 2.55. The summed E-state index contributed by atoms with van der Waals surface area (Å²) in [5.41, 5.74) is 8.51. The van der Waals surface area contributed by atoms with E-state index in [1.54, 1.807) is 4.52 Å². The van der Waals surface area contributed by atoms with Crippen molar-refractivity contribution in [3.05, 3.63) is 18.3 Å². The van der Waals surface area contributed by atoms with Gasteiger partial charge >= 0.3 is 0 Å². The lowest BCUT2D eigenvalue weighted by Gasteiger charge is -2.11. The summed E-state index contributed by atoms with van der Waals surface area (Å²) < 4.78 is 7.08. The summed E-state index contributed by atoms with van der Waals surface area (Å²) in [7, 11) is 3.98. The summed E-state index contributed by atoms with van der Waals surface area (Å²) in [5.74, 6) is 0.499. The maximum Gasteiger partial charge on any atom is 0.257 e. The summed E-state index contributed by atoms with van der Waals surface area (Å²) in [6.07, 6.45) is 1.88. The lowest BCUT2D eigenvalue weighted by atomic mass is 10.3. The molecular formula is C11H16N4O. The van der Waals surface area contributed by atoms with E-state index in [9.17, 15) is 0 Å². The minimum Gasteiger partial charge on any atom is -0.475 e. The predicted octanol–water partition coefficient (Wildman–Crippen LogP) is 1.38. The zero-order valence-electron chi connectivity index (χ0n) is 9.77. The molecule has 0 spiro atoms. The molecule has 0 atom stereocenters. The van der Waals surface area contributed by atoms with Crippen molar-refractivity contribution in [2.24, 2.45) is 0 Å². The van der Waals surface area contributed by atoms with Crippen molar-refractivity contribution in [2.75, 3.05) is 31.3 Å². The summed E-state index contributed by atoms with van der Waals surface area (Å²) in [4.78, 5) is 2.02. The van der Waals surface area contributed by atoms with Crippen LogP contribution in [0.2, 0.25) is 0 Å². The molecule has 16 heavy (non-hydrogen) atoms. The Morgan fingerprint density at radius 1 is 1.50 bits per heavy atom. The van der Waals surface area contributed by atoms with E-state index in [0.717, 1.165) is 11.2 Å². The van der Waals surface area contributed by atoms with E-state index in [-0.39, 0.29) is 0 Å². The number of nitrogens with two attached hydrogens (primary N) is 1. The molecule has 5 heteroatoms. The number of hydrogen-bond donors (Lipinski definition) is 1. The summed E-state index contributed by atoms with van der Waals surface area (Å²) in [6.45, 7) is 2.48. The molecule has 2 N–H and O–H groups in total. The van der Waals surface area contributed by atoms with Crippen LogP contribution >= 0.6 is 0 Å². The van der Waals surface area contributed by atoms with Gasteiger partial charge in [-0.3, -0.25) is 0 Å². The van der Waals surface area contributed by atoms with Gasteiger partial charge in [-0.1, -0.05) is 0 Å². The molecule has 2 aromatic heterocycles. The van der Waals surface area contributed by atoms with Gasteiger partial charge in [0.15, 0.2) is 0 Å². The lowest BCUT2D eigenvalue weighted by molar-refractivity contribution is 0.327. The van der Waals surface area contributed by atoms with Crippen LogP contribution in [0.25, 0.3) is 5.52 Å². The van der Waals surface area contributed by atoms with Crippen LogP contribution < -0.4 is 15.4 Å². The van der Waals surface area contributed by atoms with Crippen LogP contribution in [0.15, 0.2) is 18.3 Å². The molecule has 2 heterocycles. The third-order valence-electron chi connectivity index (χ3n) is 2.42. The van der Waals surface area contributed by atoms with Gasteiger partial charge in [-0.15, -0.1) is 5.10 Å². The molecule has 0 bridgehead atoms. The highest BCUT2D eigenvalue weighted by Gasteiger charge is 2.11. The van der Waals surface area contributed by atoms with Gasteiger partial charge < -0.3 is 15.4 Å². The van der Waals surface area contributed by atoms with Crippen LogP contribution in [-0.2, 0) is 0 Å². The molecule has 86 valence electrons. The Morgan fingerprint density at radius 2 is 2.25 bits per heavy atom. The van der Waals surface area contributed by atoms with Crippen molar-refractivity contribution in [1.82, 2.24) is 9.61 Å². The second kappa shape index (κ2) is 3.92. The van der Waals surface area contributed by atoms with Gasteiger partial charge in [0.25, 0.3) is 5.88 Å². The largest absolute Gasteiger partial charge is 0.475 e. The number of fused-ring (bicyclic) bond motifs is 1. The quantitative estimate of drug-likeness (QED) is 0.849. The van der Waals surface area contributed by atoms with Gasteiger partial charge in [0.1, 0.15) is 5.69 Å². The van der Waals surface area contributed by atoms with Crippen molar-refractivity contribution in [1.29, 1.82) is 0 Å². The van der Waals surface area contributed by atoms with Gasteiger partial charge in [0, 0.05) is 26.0 Å². The maximum absolute atomic E-state index is 5.97. The third kappa shape index (κ3) is 1.64. The molecule has 0 fully saturated rings. The molecule has 0 saturated heterocycles. The second-order valence-electron chi connectivity index (χ2n) is 3.76. The van der Waals surface area contributed by atoms with E-state index in [2.05, 4.69) is 5.10 Å². The van der Waals surface area contributed by atoms with Crippen LogP contribution in [0.4, 0.5) is 11.4 Å². The summed E-state index contributed by atoms with van der Waals surface area (Å²) >= 11 is 0. The van der Waals surface area contributed by atoms with Gasteiger partial charge in [-0.25, -0.2) is 4.52 Å². The highest BCUT2D eigenvalue weighted by Crippen LogP contribution is 2.27. The Morgan fingerprint density at radius 3 is 2.88 bits per heavy atom. The monoisotopic (exact) mass is 220 g/mol. The minimum atomic E-state index is 0.499.